The van der Waals surface area contributed by atoms with E-state index in [2.05, 4.69) is 103 Å². The van der Waals surface area contributed by atoms with Crippen molar-refractivity contribution in [1.29, 1.82) is 0 Å². The van der Waals surface area contributed by atoms with Crippen LogP contribution in [0.2, 0.25) is 0 Å². The molecule has 0 bridgehead atoms. The Hall–Kier alpha value is -5.32. The fourth-order valence-electron chi connectivity index (χ4n) is 7.38. The van der Waals surface area contributed by atoms with E-state index in [0.29, 0.717) is 39.1 Å². The average Bonchev–Trinajstić information content (AvgIpc) is 3.77. The molecule has 280 valence electrons. The number of phenols is 1. The van der Waals surface area contributed by atoms with Gasteiger partial charge in [-0.1, -0.05) is 114 Å². The molecule has 0 spiro atoms. The Morgan fingerprint density at radius 2 is 1.47 bits per heavy atom. The third-order valence-electron chi connectivity index (χ3n) is 10.3. The predicted octanol–water partition coefficient (Wildman–Crippen LogP) is 13.0. The molecule has 8 aromatic rings. The average molecular weight is 908 g/mol. The number of benzene rings is 5. The Balaban J connectivity index is 0.00000465. The zero-order chi connectivity index (χ0) is 37.9. The molecule has 0 aliphatic carbocycles. The van der Waals surface area contributed by atoms with Crippen LogP contribution in [0, 0.1) is 11.9 Å². The summed E-state index contributed by atoms with van der Waals surface area (Å²) in [5, 5.41) is 12.4. The van der Waals surface area contributed by atoms with Crippen LogP contribution in [0.3, 0.4) is 0 Å². The van der Waals surface area contributed by atoms with Crippen molar-refractivity contribution in [3.63, 3.8) is 0 Å². The first-order valence-electron chi connectivity index (χ1n) is 18.5. The van der Waals surface area contributed by atoms with Crippen molar-refractivity contribution in [2.24, 2.45) is 0 Å². The second-order valence-corrected chi connectivity index (χ2v) is 15.8. The smallest absolute Gasteiger partial charge is 0.148 e. The number of furan rings is 1. The van der Waals surface area contributed by atoms with E-state index in [9.17, 15) is 5.11 Å². The molecule has 8 rings (SSSR count). The summed E-state index contributed by atoms with van der Waals surface area (Å²) in [5.41, 5.74) is 11.3. The molecule has 5 nitrogen and oxygen atoms in total. The first kappa shape index (κ1) is 38.0. The number of halogens is 1. The maximum absolute atomic E-state index is 16.3. The van der Waals surface area contributed by atoms with Crippen LogP contribution in [0.1, 0.15) is 77.0 Å². The van der Waals surface area contributed by atoms with Gasteiger partial charge in [0.25, 0.3) is 0 Å². The van der Waals surface area contributed by atoms with Crippen LogP contribution < -0.4 is 0 Å². The summed E-state index contributed by atoms with van der Waals surface area (Å²) >= 11 is 0. The number of rotatable bonds is 7. The van der Waals surface area contributed by atoms with Gasteiger partial charge in [-0.15, -0.1) is 29.3 Å². The third kappa shape index (κ3) is 7.05. The maximum Gasteiger partial charge on any atom is 0.148 e. The molecule has 0 atom stereocenters. The Labute approximate surface area is 336 Å². The summed E-state index contributed by atoms with van der Waals surface area (Å²) in [5.74, 6) is 0.452. The molecule has 7 heteroatoms. The van der Waals surface area contributed by atoms with Crippen LogP contribution in [0.5, 0.6) is 5.75 Å². The number of hydrogen-bond acceptors (Lipinski definition) is 4. The number of para-hydroxylation sites is 1. The number of aromatic nitrogens is 3. The van der Waals surface area contributed by atoms with E-state index in [1.807, 2.05) is 47.2 Å². The van der Waals surface area contributed by atoms with Crippen LogP contribution in [0.25, 0.3) is 72.6 Å². The summed E-state index contributed by atoms with van der Waals surface area (Å²) in [4.78, 5) is 10.1. The van der Waals surface area contributed by atoms with E-state index in [1.165, 1.54) is 0 Å². The van der Waals surface area contributed by atoms with E-state index in [4.69, 9.17) is 14.4 Å². The van der Waals surface area contributed by atoms with E-state index < -0.39 is 5.82 Å². The van der Waals surface area contributed by atoms with Gasteiger partial charge in [0.05, 0.1) is 28.5 Å². The molecule has 0 amide bonds. The molecule has 0 aliphatic rings. The second-order valence-electron chi connectivity index (χ2n) is 15.8. The maximum atomic E-state index is 16.3. The molecule has 0 aliphatic heterocycles. The SMILES string of the molecule is CC(C)c1cccc(C(C)C)c1-n1c(-c2cc3occc3cc2O)nc2c(-c3[c-]c(-c4cc(-c5ccccc5)ccn4)cc(C(C)(C)C)c3)cc(F)cc21.[Pt]. The number of pyridine rings is 1. The number of nitrogens with zero attached hydrogens (tertiary/aromatic N) is 3. The molecule has 3 heterocycles. The molecule has 0 saturated carbocycles. The summed E-state index contributed by atoms with van der Waals surface area (Å²) in [7, 11) is 0. The molecular formula is C48H43FN3O2Pt-. The number of phenolic OH excluding ortho intramolecular Hbond substituents is 1. The Morgan fingerprint density at radius 1 is 0.764 bits per heavy atom. The monoisotopic (exact) mass is 907 g/mol. The van der Waals surface area contributed by atoms with E-state index in [0.717, 1.165) is 50.1 Å². The zero-order valence-electron chi connectivity index (χ0n) is 32.0. The Bertz CT molecular complexity index is 2660. The zero-order valence-corrected chi connectivity index (χ0v) is 34.3. The standard InChI is InChI=1S/C48H43FN3O2.Pt/c1-28(2)37-14-11-15-38(29(3)4)46(37)52-42-26-36(49)25-39(45(42)51-47(52)40-27-44-32(17-19-54-44)24-43(40)53)33-20-34(22-35(21-33)48(5,6)7)41-23-31(16-18-50-41)30-12-9-8-10-13-30;/h8-19,21-29,53H,1-7H3;/q-1;. The van der Waals surface area contributed by atoms with Crippen molar-refractivity contribution >= 4 is 22.0 Å². The van der Waals surface area contributed by atoms with Gasteiger partial charge >= 0.3 is 0 Å². The van der Waals surface area contributed by atoms with Crippen LogP contribution in [0.4, 0.5) is 4.39 Å². The summed E-state index contributed by atoms with van der Waals surface area (Å²) < 4.78 is 24.2. The number of aromatic hydroxyl groups is 1. The van der Waals surface area contributed by atoms with Crippen LogP contribution in [0.15, 0.2) is 120 Å². The summed E-state index contributed by atoms with van der Waals surface area (Å²) in [6.45, 7) is 15.2. The van der Waals surface area contributed by atoms with Gasteiger partial charge in [-0.05, 0) is 75.9 Å². The van der Waals surface area contributed by atoms with Crippen molar-refractivity contribution in [1.82, 2.24) is 14.5 Å². The molecule has 0 fully saturated rings. The van der Waals surface area contributed by atoms with Gasteiger partial charge in [0.2, 0.25) is 0 Å². The second kappa shape index (κ2) is 14.7. The van der Waals surface area contributed by atoms with Crippen LogP contribution in [-0.2, 0) is 26.5 Å². The van der Waals surface area contributed by atoms with Gasteiger partial charge in [0.15, 0.2) is 0 Å². The molecule has 3 aromatic heterocycles. The normalized spacial score (nSPS) is 11.9. The minimum absolute atomic E-state index is 0. The molecule has 0 radical (unpaired) electrons. The molecule has 0 unspecified atom stereocenters. The molecule has 1 N–H and O–H groups in total. The molecule has 0 saturated heterocycles. The largest absolute Gasteiger partial charge is 0.507 e. The molecule has 5 aromatic carbocycles. The first-order valence-corrected chi connectivity index (χ1v) is 18.5. The van der Waals surface area contributed by atoms with Crippen LogP contribution in [-0.4, -0.2) is 19.6 Å². The number of fused-ring (bicyclic) bond motifs is 2. The summed E-state index contributed by atoms with van der Waals surface area (Å²) in [6.07, 6.45) is 3.43. The Kier molecular flexibility index (Phi) is 10.2. The quantitative estimate of drug-likeness (QED) is 0.162. The van der Waals surface area contributed by atoms with Gasteiger partial charge in [0.1, 0.15) is 23.0 Å². The third-order valence-corrected chi connectivity index (χ3v) is 10.3. The molecule has 55 heavy (non-hydrogen) atoms. The van der Waals surface area contributed by atoms with Crippen LogP contribution >= 0.6 is 0 Å². The van der Waals surface area contributed by atoms with Crippen molar-refractivity contribution in [2.75, 3.05) is 0 Å². The van der Waals surface area contributed by atoms with E-state index in [-0.39, 0.29) is 44.1 Å². The number of imidazole rings is 1. The van der Waals surface area contributed by atoms with Gasteiger partial charge in [0, 0.05) is 38.3 Å². The minimum Gasteiger partial charge on any atom is -0.507 e. The van der Waals surface area contributed by atoms with Gasteiger partial charge in [-0.25, -0.2) is 9.37 Å². The topological polar surface area (TPSA) is 64.1 Å². The van der Waals surface area contributed by atoms with E-state index >= 15 is 4.39 Å². The Morgan fingerprint density at radius 3 is 2.16 bits per heavy atom. The fraction of sp³-hybridized carbons (Fsp3) is 0.208. The summed E-state index contributed by atoms with van der Waals surface area (Å²) in [6, 6.07) is 37.0. The van der Waals surface area contributed by atoms with Crippen molar-refractivity contribution in [3.05, 3.63) is 144 Å². The van der Waals surface area contributed by atoms with Gasteiger partial charge < -0.3 is 9.52 Å². The first-order chi connectivity index (χ1) is 25.9. The minimum atomic E-state index is -0.399. The number of hydrogen-bond donors (Lipinski definition) is 1. The predicted molar refractivity (Wildman–Crippen MR) is 218 cm³/mol. The van der Waals surface area contributed by atoms with Gasteiger partial charge in [-0.3, -0.25) is 9.55 Å². The van der Waals surface area contributed by atoms with E-state index in [1.54, 1.807) is 24.5 Å². The van der Waals surface area contributed by atoms with Gasteiger partial charge in [-0.2, -0.15) is 0 Å². The fourth-order valence-corrected chi connectivity index (χ4v) is 7.38. The van der Waals surface area contributed by atoms with Crippen molar-refractivity contribution in [2.45, 2.75) is 65.7 Å². The molecular weight excluding hydrogens is 865 g/mol. The van der Waals surface area contributed by atoms with Crippen molar-refractivity contribution < 1.29 is 35.0 Å². The van der Waals surface area contributed by atoms with Crippen molar-refractivity contribution in [3.8, 4) is 56.3 Å².